The van der Waals surface area contributed by atoms with E-state index in [0.717, 1.165) is 0 Å². The molecule has 1 unspecified atom stereocenters. The van der Waals surface area contributed by atoms with Gasteiger partial charge in [0.15, 0.2) is 0 Å². The molecular weight excluding hydrogens is 260 g/mol. The van der Waals surface area contributed by atoms with E-state index < -0.39 is 23.5 Å². The Hall–Kier alpha value is -0.520. The number of carbonyl (C=O) groups excluding carboxylic acids is 1. The monoisotopic (exact) mass is 281 g/mol. The summed E-state index contributed by atoms with van der Waals surface area (Å²) >= 11 is 1.44. The number of halogens is 2. The highest BCUT2D eigenvalue weighted by Gasteiger charge is 2.56. The second-order valence-electron chi connectivity index (χ2n) is 5.75. The first-order valence-electron chi connectivity index (χ1n) is 6.05. The molecule has 106 valence electrons. The van der Waals surface area contributed by atoms with Gasteiger partial charge in [0, 0.05) is 29.9 Å². The van der Waals surface area contributed by atoms with Crippen LogP contribution in [0.5, 0.6) is 0 Å². The fraction of sp³-hybridized carbons (Fsp3) is 0.917. The molecule has 0 spiro atoms. The maximum Gasteiger partial charge on any atom is 0.407 e. The van der Waals surface area contributed by atoms with Crippen LogP contribution in [0.3, 0.4) is 0 Å². The van der Waals surface area contributed by atoms with Crippen molar-refractivity contribution in [2.45, 2.75) is 51.7 Å². The molecule has 0 aromatic rings. The summed E-state index contributed by atoms with van der Waals surface area (Å²) in [5.41, 5.74) is -0.521. The molecule has 0 aromatic carbocycles. The lowest BCUT2D eigenvalue weighted by Crippen LogP contribution is -2.38. The van der Waals surface area contributed by atoms with Gasteiger partial charge in [-0.1, -0.05) is 0 Å². The van der Waals surface area contributed by atoms with Crippen molar-refractivity contribution >= 4 is 17.9 Å². The van der Waals surface area contributed by atoms with Crippen LogP contribution in [0, 0.1) is 5.92 Å². The Morgan fingerprint density at radius 2 is 2.11 bits per heavy atom. The van der Waals surface area contributed by atoms with Gasteiger partial charge in [0.1, 0.15) is 5.60 Å². The summed E-state index contributed by atoms with van der Waals surface area (Å²) in [4.78, 5) is 11.4. The molecule has 1 rings (SSSR count). The number of hydrogen-bond donors (Lipinski definition) is 1. The minimum Gasteiger partial charge on any atom is -0.444 e. The van der Waals surface area contributed by atoms with Crippen molar-refractivity contribution in [1.82, 2.24) is 5.32 Å². The van der Waals surface area contributed by atoms with E-state index in [9.17, 15) is 13.6 Å². The quantitative estimate of drug-likeness (QED) is 0.840. The predicted octanol–water partition coefficient (Wildman–Crippen LogP) is 3.29. The Bertz CT molecular complexity index is 305. The fourth-order valence-electron chi connectivity index (χ4n) is 1.39. The van der Waals surface area contributed by atoms with Crippen molar-refractivity contribution in [2.24, 2.45) is 5.92 Å². The Balaban J connectivity index is 2.10. The number of amides is 1. The van der Waals surface area contributed by atoms with E-state index >= 15 is 0 Å². The summed E-state index contributed by atoms with van der Waals surface area (Å²) in [5, 5.41) is 2.68. The third-order valence-corrected chi connectivity index (χ3v) is 3.78. The predicted molar refractivity (Wildman–Crippen MR) is 69.2 cm³/mol. The highest BCUT2D eigenvalue weighted by Crippen LogP contribution is 2.50. The molecule has 0 bridgehead atoms. The van der Waals surface area contributed by atoms with Crippen LogP contribution in [-0.4, -0.2) is 35.2 Å². The summed E-state index contributed by atoms with van der Waals surface area (Å²) in [7, 11) is 0. The standard InChI is InChI=1S/C12H21F2NO2S/c1-8(15-10(16)17-11(2,3)4)6-18-7-9-5-12(9,13)14/h8-9H,5-7H2,1-4H3,(H,15,16)/t8-,9?/m1/s1. The first kappa shape index (κ1) is 15.5. The average Bonchev–Trinajstić information content (AvgIpc) is 2.69. The first-order chi connectivity index (χ1) is 8.10. The minimum absolute atomic E-state index is 0.00781. The van der Waals surface area contributed by atoms with Gasteiger partial charge < -0.3 is 10.1 Å². The zero-order valence-electron chi connectivity index (χ0n) is 11.3. The van der Waals surface area contributed by atoms with Gasteiger partial charge in [-0.3, -0.25) is 0 Å². The van der Waals surface area contributed by atoms with E-state index in [2.05, 4.69) is 5.32 Å². The van der Waals surface area contributed by atoms with E-state index in [1.165, 1.54) is 11.8 Å². The van der Waals surface area contributed by atoms with Crippen molar-refractivity contribution in [3.05, 3.63) is 0 Å². The number of alkyl carbamates (subject to hydrolysis) is 1. The number of alkyl halides is 2. The molecule has 0 heterocycles. The molecule has 1 aliphatic carbocycles. The largest absolute Gasteiger partial charge is 0.444 e. The van der Waals surface area contributed by atoms with Gasteiger partial charge in [-0.2, -0.15) is 11.8 Å². The van der Waals surface area contributed by atoms with E-state index in [0.29, 0.717) is 11.5 Å². The Morgan fingerprint density at radius 3 is 2.56 bits per heavy atom. The first-order valence-corrected chi connectivity index (χ1v) is 7.21. The van der Waals surface area contributed by atoms with Crippen molar-refractivity contribution in [3.63, 3.8) is 0 Å². The summed E-state index contributed by atoms with van der Waals surface area (Å²) in [6.07, 6.45) is -0.458. The van der Waals surface area contributed by atoms with Gasteiger partial charge in [0.05, 0.1) is 0 Å². The van der Waals surface area contributed by atoms with Gasteiger partial charge in [-0.05, 0) is 27.7 Å². The lowest BCUT2D eigenvalue weighted by molar-refractivity contribution is 0.0513. The number of ether oxygens (including phenoxy) is 1. The number of carbonyl (C=O) groups is 1. The van der Waals surface area contributed by atoms with Crippen molar-refractivity contribution in [1.29, 1.82) is 0 Å². The third kappa shape index (κ3) is 5.89. The summed E-state index contributed by atoms with van der Waals surface area (Å²) < 4.78 is 30.3. The molecule has 0 aromatic heterocycles. The van der Waals surface area contributed by atoms with Crippen LogP contribution in [0.15, 0.2) is 0 Å². The average molecular weight is 281 g/mol. The van der Waals surface area contributed by atoms with Crippen LogP contribution in [0.4, 0.5) is 13.6 Å². The van der Waals surface area contributed by atoms with Crippen LogP contribution in [-0.2, 0) is 4.74 Å². The van der Waals surface area contributed by atoms with E-state index in [-0.39, 0.29) is 12.5 Å². The number of nitrogens with one attached hydrogen (secondary N) is 1. The minimum atomic E-state index is -2.45. The molecule has 2 atom stereocenters. The van der Waals surface area contributed by atoms with E-state index in [4.69, 9.17) is 4.74 Å². The van der Waals surface area contributed by atoms with Gasteiger partial charge >= 0.3 is 6.09 Å². The van der Waals surface area contributed by atoms with Crippen LogP contribution in [0.2, 0.25) is 0 Å². The summed E-state index contributed by atoms with van der Waals surface area (Å²) in [6.45, 7) is 7.21. The summed E-state index contributed by atoms with van der Waals surface area (Å²) in [6, 6.07) is -0.0859. The number of thioether (sulfide) groups is 1. The normalized spacial score (nSPS) is 23.3. The molecule has 1 fully saturated rings. The number of hydrogen-bond acceptors (Lipinski definition) is 3. The Labute approximate surface area is 111 Å². The van der Waals surface area contributed by atoms with Gasteiger partial charge in [-0.25, -0.2) is 13.6 Å². The van der Waals surface area contributed by atoms with Gasteiger partial charge in [0.2, 0.25) is 0 Å². The summed E-state index contributed by atoms with van der Waals surface area (Å²) in [5.74, 6) is -1.86. The third-order valence-electron chi connectivity index (χ3n) is 2.41. The van der Waals surface area contributed by atoms with E-state index in [1.807, 2.05) is 6.92 Å². The lowest BCUT2D eigenvalue weighted by Gasteiger charge is -2.21. The zero-order chi connectivity index (χ0) is 14.0. The molecule has 18 heavy (non-hydrogen) atoms. The molecule has 0 radical (unpaired) electrons. The topological polar surface area (TPSA) is 38.3 Å². The van der Waals surface area contributed by atoms with Crippen molar-refractivity contribution in [2.75, 3.05) is 11.5 Å². The highest BCUT2D eigenvalue weighted by molar-refractivity contribution is 7.99. The highest BCUT2D eigenvalue weighted by atomic mass is 32.2. The van der Waals surface area contributed by atoms with Crippen molar-refractivity contribution < 1.29 is 18.3 Å². The zero-order valence-corrected chi connectivity index (χ0v) is 12.1. The molecule has 0 saturated heterocycles. The lowest BCUT2D eigenvalue weighted by atomic mass is 10.2. The van der Waals surface area contributed by atoms with Crippen LogP contribution < -0.4 is 5.32 Å². The second kappa shape index (κ2) is 5.63. The van der Waals surface area contributed by atoms with Crippen LogP contribution in [0.25, 0.3) is 0 Å². The number of rotatable bonds is 5. The molecule has 0 aliphatic heterocycles. The van der Waals surface area contributed by atoms with Crippen molar-refractivity contribution in [3.8, 4) is 0 Å². The van der Waals surface area contributed by atoms with Crippen LogP contribution in [0.1, 0.15) is 34.1 Å². The molecular formula is C12H21F2NO2S. The van der Waals surface area contributed by atoms with Crippen LogP contribution >= 0.6 is 11.8 Å². The second-order valence-corrected chi connectivity index (χ2v) is 6.82. The maximum absolute atomic E-state index is 12.6. The molecule has 1 aliphatic rings. The molecule has 1 saturated carbocycles. The van der Waals surface area contributed by atoms with E-state index in [1.54, 1.807) is 20.8 Å². The molecule has 1 amide bonds. The maximum atomic E-state index is 12.6. The van der Waals surface area contributed by atoms with Gasteiger partial charge in [0.25, 0.3) is 5.92 Å². The molecule has 6 heteroatoms. The molecule has 1 N–H and O–H groups in total. The molecule has 3 nitrogen and oxygen atoms in total. The van der Waals surface area contributed by atoms with Gasteiger partial charge in [-0.15, -0.1) is 0 Å². The SMILES string of the molecule is C[C@H](CSCC1CC1(F)F)NC(=O)OC(C)(C)C. The smallest absolute Gasteiger partial charge is 0.407 e. The Kier molecular flexibility index (Phi) is 4.86. The fourth-order valence-corrected chi connectivity index (χ4v) is 2.61. The Morgan fingerprint density at radius 1 is 1.56 bits per heavy atom.